The average Bonchev–Trinajstić information content (AvgIpc) is 2.49. The van der Waals surface area contributed by atoms with E-state index in [9.17, 15) is 4.39 Å². The molecule has 0 radical (unpaired) electrons. The molecule has 100 valence electrons. The molecule has 0 saturated carbocycles. The highest BCUT2D eigenvalue weighted by Gasteiger charge is 2.18. The van der Waals surface area contributed by atoms with Gasteiger partial charge in [0.15, 0.2) is 0 Å². The summed E-state index contributed by atoms with van der Waals surface area (Å²) in [5.41, 5.74) is 2.07. The molecule has 3 rings (SSSR count). The van der Waals surface area contributed by atoms with Gasteiger partial charge in [-0.05, 0) is 29.3 Å². The zero-order chi connectivity index (χ0) is 13.8. The molecule has 0 bridgehead atoms. The highest BCUT2D eigenvalue weighted by Crippen LogP contribution is 2.26. The van der Waals surface area contributed by atoms with Crippen LogP contribution in [0.1, 0.15) is 17.3 Å². The van der Waals surface area contributed by atoms with Crippen molar-refractivity contribution in [2.45, 2.75) is 12.7 Å². The SMILES string of the molecule is Fc1cccc(C2N=CC=CN2Cc2ccccc2)c1. The zero-order valence-electron chi connectivity index (χ0n) is 11.0. The maximum Gasteiger partial charge on any atom is 0.147 e. The van der Waals surface area contributed by atoms with E-state index in [-0.39, 0.29) is 12.0 Å². The fourth-order valence-electron chi connectivity index (χ4n) is 2.33. The predicted octanol–water partition coefficient (Wildman–Crippen LogP) is 3.92. The second-order valence-electron chi connectivity index (χ2n) is 4.73. The monoisotopic (exact) mass is 266 g/mol. The molecule has 0 saturated heterocycles. The van der Waals surface area contributed by atoms with Crippen LogP contribution in [0.15, 0.2) is 71.9 Å². The van der Waals surface area contributed by atoms with Gasteiger partial charge in [0, 0.05) is 19.0 Å². The number of rotatable bonds is 3. The van der Waals surface area contributed by atoms with E-state index in [1.807, 2.05) is 36.5 Å². The van der Waals surface area contributed by atoms with E-state index >= 15 is 0 Å². The number of aliphatic imine (C=N–C) groups is 1. The Bertz CT molecular complexity index is 634. The smallest absolute Gasteiger partial charge is 0.147 e. The van der Waals surface area contributed by atoms with Crippen molar-refractivity contribution in [3.63, 3.8) is 0 Å². The highest BCUT2D eigenvalue weighted by atomic mass is 19.1. The van der Waals surface area contributed by atoms with Crippen LogP contribution >= 0.6 is 0 Å². The molecule has 3 heteroatoms. The van der Waals surface area contributed by atoms with E-state index < -0.39 is 0 Å². The van der Waals surface area contributed by atoms with Crippen LogP contribution in [0.4, 0.5) is 4.39 Å². The van der Waals surface area contributed by atoms with Crippen molar-refractivity contribution in [3.8, 4) is 0 Å². The molecule has 1 heterocycles. The van der Waals surface area contributed by atoms with Crippen LogP contribution in [0, 0.1) is 5.82 Å². The van der Waals surface area contributed by atoms with Crippen LogP contribution in [0.5, 0.6) is 0 Å². The fourth-order valence-corrected chi connectivity index (χ4v) is 2.33. The Labute approximate surface area is 117 Å². The average molecular weight is 266 g/mol. The Hall–Kier alpha value is -2.42. The standard InChI is InChI=1S/C17H15FN2/c18-16-9-4-8-15(12-16)17-19-10-5-11-20(17)13-14-6-2-1-3-7-14/h1-12,17H,13H2. The van der Waals surface area contributed by atoms with Crippen molar-refractivity contribution in [3.05, 3.63) is 83.8 Å². The van der Waals surface area contributed by atoms with E-state index in [0.29, 0.717) is 0 Å². The van der Waals surface area contributed by atoms with E-state index in [0.717, 1.165) is 12.1 Å². The molecule has 2 aromatic rings. The predicted molar refractivity (Wildman–Crippen MR) is 78.8 cm³/mol. The first-order valence-electron chi connectivity index (χ1n) is 6.58. The van der Waals surface area contributed by atoms with E-state index in [1.54, 1.807) is 18.3 Å². The molecule has 2 aromatic carbocycles. The molecule has 0 spiro atoms. The summed E-state index contributed by atoms with van der Waals surface area (Å²) >= 11 is 0. The number of nitrogens with zero attached hydrogens (tertiary/aromatic N) is 2. The Morgan fingerprint density at radius 1 is 1.05 bits per heavy atom. The van der Waals surface area contributed by atoms with Gasteiger partial charge in [0.05, 0.1) is 0 Å². The summed E-state index contributed by atoms with van der Waals surface area (Å²) in [6.45, 7) is 0.746. The molecule has 0 N–H and O–H groups in total. The van der Waals surface area contributed by atoms with E-state index in [4.69, 9.17) is 0 Å². The number of benzene rings is 2. The zero-order valence-corrected chi connectivity index (χ0v) is 11.0. The van der Waals surface area contributed by atoms with E-state index in [2.05, 4.69) is 22.0 Å². The van der Waals surface area contributed by atoms with Gasteiger partial charge in [0.1, 0.15) is 12.0 Å². The third-order valence-electron chi connectivity index (χ3n) is 3.26. The molecule has 0 fully saturated rings. The van der Waals surface area contributed by atoms with Crippen LogP contribution in [0.2, 0.25) is 0 Å². The summed E-state index contributed by atoms with van der Waals surface area (Å²) in [6.07, 6.45) is 5.49. The van der Waals surface area contributed by atoms with Gasteiger partial charge in [-0.1, -0.05) is 42.5 Å². The van der Waals surface area contributed by atoms with Crippen molar-refractivity contribution in [1.29, 1.82) is 0 Å². The lowest BCUT2D eigenvalue weighted by atomic mass is 10.1. The summed E-state index contributed by atoms with van der Waals surface area (Å²) in [5, 5.41) is 0. The van der Waals surface area contributed by atoms with Gasteiger partial charge in [0.25, 0.3) is 0 Å². The van der Waals surface area contributed by atoms with Gasteiger partial charge in [-0.3, -0.25) is 4.99 Å². The fraction of sp³-hybridized carbons (Fsp3) is 0.118. The number of hydrogen-bond acceptors (Lipinski definition) is 2. The van der Waals surface area contributed by atoms with Crippen molar-refractivity contribution >= 4 is 6.21 Å². The van der Waals surface area contributed by atoms with Gasteiger partial charge in [-0.15, -0.1) is 0 Å². The number of halogens is 1. The van der Waals surface area contributed by atoms with Crippen LogP contribution in [0.25, 0.3) is 0 Å². The first-order valence-corrected chi connectivity index (χ1v) is 6.58. The van der Waals surface area contributed by atoms with Crippen molar-refractivity contribution < 1.29 is 4.39 Å². The topological polar surface area (TPSA) is 15.6 Å². The maximum atomic E-state index is 13.4. The van der Waals surface area contributed by atoms with Crippen molar-refractivity contribution in [2.24, 2.45) is 4.99 Å². The summed E-state index contributed by atoms with van der Waals surface area (Å²) in [7, 11) is 0. The minimum Gasteiger partial charge on any atom is -0.348 e. The van der Waals surface area contributed by atoms with Crippen molar-refractivity contribution in [1.82, 2.24) is 4.90 Å². The second kappa shape index (κ2) is 5.70. The third-order valence-corrected chi connectivity index (χ3v) is 3.26. The molecular weight excluding hydrogens is 251 g/mol. The summed E-state index contributed by atoms with van der Waals surface area (Å²) in [6, 6.07) is 16.8. The van der Waals surface area contributed by atoms with Gasteiger partial charge < -0.3 is 4.90 Å². The van der Waals surface area contributed by atoms with Gasteiger partial charge in [-0.25, -0.2) is 4.39 Å². The minimum absolute atomic E-state index is 0.170. The van der Waals surface area contributed by atoms with Crippen LogP contribution < -0.4 is 0 Å². The molecule has 2 nitrogen and oxygen atoms in total. The van der Waals surface area contributed by atoms with Crippen LogP contribution in [-0.4, -0.2) is 11.1 Å². The number of hydrogen-bond donors (Lipinski definition) is 0. The highest BCUT2D eigenvalue weighted by molar-refractivity contribution is 5.72. The van der Waals surface area contributed by atoms with E-state index in [1.165, 1.54) is 11.6 Å². The molecule has 1 aliphatic rings. The summed E-state index contributed by atoms with van der Waals surface area (Å²) in [5.74, 6) is -0.230. The lowest BCUT2D eigenvalue weighted by molar-refractivity contribution is 0.277. The van der Waals surface area contributed by atoms with Crippen LogP contribution in [-0.2, 0) is 6.54 Å². The third kappa shape index (κ3) is 2.77. The Balaban J connectivity index is 1.85. The van der Waals surface area contributed by atoms with Gasteiger partial charge >= 0.3 is 0 Å². The Kier molecular flexibility index (Phi) is 3.59. The molecule has 0 aliphatic carbocycles. The quantitative estimate of drug-likeness (QED) is 0.822. The normalized spacial score (nSPS) is 17.4. The minimum atomic E-state index is -0.230. The first-order chi connectivity index (χ1) is 9.83. The first kappa shape index (κ1) is 12.6. The van der Waals surface area contributed by atoms with Crippen LogP contribution in [0.3, 0.4) is 0 Å². The second-order valence-corrected chi connectivity index (χ2v) is 4.73. The largest absolute Gasteiger partial charge is 0.348 e. The number of allylic oxidation sites excluding steroid dienone is 1. The molecule has 1 unspecified atom stereocenters. The maximum absolute atomic E-state index is 13.4. The molecule has 20 heavy (non-hydrogen) atoms. The molecule has 1 aliphatic heterocycles. The Morgan fingerprint density at radius 3 is 2.70 bits per heavy atom. The van der Waals surface area contributed by atoms with Gasteiger partial charge in [0.2, 0.25) is 0 Å². The van der Waals surface area contributed by atoms with Crippen molar-refractivity contribution in [2.75, 3.05) is 0 Å². The summed E-state index contributed by atoms with van der Waals surface area (Å²) in [4.78, 5) is 6.57. The lowest BCUT2D eigenvalue weighted by Crippen LogP contribution is -2.24. The molecule has 0 amide bonds. The molecule has 1 atom stereocenters. The summed E-state index contributed by atoms with van der Waals surface area (Å²) < 4.78 is 13.4. The Morgan fingerprint density at radius 2 is 1.90 bits per heavy atom. The molecular formula is C17H15FN2. The van der Waals surface area contributed by atoms with Gasteiger partial charge in [-0.2, -0.15) is 0 Å². The molecule has 0 aromatic heterocycles. The lowest BCUT2D eigenvalue weighted by Gasteiger charge is -2.30.